The largest absolute Gasteiger partial charge is 0.360 e. The monoisotopic (exact) mass is 377 g/mol. The first-order valence-corrected chi connectivity index (χ1v) is 8.98. The van der Waals surface area contributed by atoms with E-state index in [-0.39, 0.29) is 11.7 Å². The van der Waals surface area contributed by atoms with Gasteiger partial charge >= 0.3 is 0 Å². The van der Waals surface area contributed by atoms with E-state index in [0.717, 1.165) is 11.4 Å². The molecule has 1 aromatic carbocycles. The van der Waals surface area contributed by atoms with Crippen molar-refractivity contribution in [3.05, 3.63) is 41.1 Å². The van der Waals surface area contributed by atoms with Gasteiger partial charge in [0.2, 0.25) is 5.91 Å². The minimum Gasteiger partial charge on any atom is -0.360 e. The Labute approximate surface area is 153 Å². The van der Waals surface area contributed by atoms with Gasteiger partial charge < -0.3 is 14.4 Å². The van der Waals surface area contributed by atoms with Crippen LogP contribution in [0.5, 0.6) is 0 Å². The number of nitrogens with one attached hydrogen (secondary N) is 1. The number of aryl methyl sites for hydroxylation is 1. The van der Waals surface area contributed by atoms with Gasteiger partial charge in [-0.25, -0.2) is 0 Å². The quantitative estimate of drug-likeness (QED) is 0.660. The number of halogens is 1. The number of carbonyl (C=O) groups excluding carboxylic acids is 1. The van der Waals surface area contributed by atoms with E-state index < -0.39 is 0 Å². The molecule has 0 radical (unpaired) electrons. The van der Waals surface area contributed by atoms with Gasteiger partial charge in [0, 0.05) is 23.2 Å². The van der Waals surface area contributed by atoms with Gasteiger partial charge in [-0.3, -0.25) is 4.79 Å². The number of amides is 1. The molecule has 9 heteroatoms. The van der Waals surface area contributed by atoms with E-state index in [1.54, 1.807) is 13.0 Å². The predicted molar refractivity (Wildman–Crippen MR) is 96.7 cm³/mol. The summed E-state index contributed by atoms with van der Waals surface area (Å²) in [5.74, 6) is 1.77. The number of hydrogen-bond acceptors (Lipinski definition) is 6. The molecule has 0 atom stereocenters. The second-order valence-electron chi connectivity index (χ2n) is 5.22. The Bertz CT molecular complexity index is 892. The van der Waals surface area contributed by atoms with E-state index >= 15 is 0 Å². The molecule has 7 nitrogen and oxygen atoms in total. The summed E-state index contributed by atoms with van der Waals surface area (Å²) in [5, 5.41) is 16.2. The van der Waals surface area contributed by atoms with Crippen molar-refractivity contribution >= 4 is 35.1 Å². The maximum Gasteiger partial charge on any atom is 0.236 e. The number of anilines is 1. The molecule has 0 aliphatic heterocycles. The van der Waals surface area contributed by atoms with Crippen LogP contribution in [0.1, 0.15) is 12.7 Å². The van der Waals surface area contributed by atoms with Crippen molar-refractivity contribution in [3.63, 3.8) is 0 Å². The molecule has 25 heavy (non-hydrogen) atoms. The fourth-order valence-corrected chi connectivity index (χ4v) is 3.25. The predicted octanol–water partition coefficient (Wildman–Crippen LogP) is 3.65. The van der Waals surface area contributed by atoms with E-state index in [1.165, 1.54) is 11.8 Å². The van der Waals surface area contributed by atoms with Crippen LogP contribution in [0.4, 0.5) is 5.82 Å². The van der Waals surface area contributed by atoms with Crippen LogP contribution in [-0.2, 0) is 11.3 Å². The van der Waals surface area contributed by atoms with E-state index in [9.17, 15) is 4.79 Å². The van der Waals surface area contributed by atoms with Crippen molar-refractivity contribution in [3.8, 4) is 11.4 Å². The average molecular weight is 378 g/mol. The molecule has 130 valence electrons. The lowest BCUT2D eigenvalue weighted by atomic mass is 10.2. The maximum absolute atomic E-state index is 12.0. The summed E-state index contributed by atoms with van der Waals surface area (Å²) in [5.41, 5.74) is 0.885. The molecule has 3 aromatic rings. The first-order chi connectivity index (χ1) is 12.1. The summed E-state index contributed by atoms with van der Waals surface area (Å²) < 4.78 is 6.87. The molecular formula is C16H16ClN5O2S. The van der Waals surface area contributed by atoms with Gasteiger partial charge in [0.15, 0.2) is 16.8 Å². The van der Waals surface area contributed by atoms with Crippen molar-refractivity contribution in [1.82, 2.24) is 19.9 Å². The lowest BCUT2D eigenvalue weighted by molar-refractivity contribution is -0.113. The van der Waals surface area contributed by atoms with Crippen LogP contribution >= 0.6 is 23.4 Å². The molecule has 0 saturated carbocycles. The minimum atomic E-state index is -0.187. The molecule has 0 fully saturated rings. The number of benzene rings is 1. The molecule has 0 unspecified atom stereocenters. The molecule has 2 aromatic heterocycles. The average Bonchev–Trinajstić information content (AvgIpc) is 3.18. The van der Waals surface area contributed by atoms with E-state index in [1.807, 2.05) is 35.8 Å². The Morgan fingerprint density at radius 1 is 1.36 bits per heavy atom. The van der Waals surface area contributed by atoms with Crippen LogP contribution in [-0.4, -0.2) is 31.6 Å². The molecule has 1 N–H and O–H groups in total. The van der Waals surface area contributed by atoms with Crippen molar-refractivity contribution in [2.75, 3.05) is 11.1 Å². The third kappa shape index (κ3) is 4.21. The first-order valence-electron chi connectivity index (χ1n) is 7.62. The van der Waals surface area contributed by atoms with Gasteiger partial charge in [0.1, 0.15) is 5.76 Å². The molecule has 0 saturated heterocycles. The summed E-state index contributed by atoms with van der Waals surface area (Å²) in [6.07, 6.45) is 0. The highest BCUT2D eigenvalue weighted by Crippen LogP contribution is 2.25. The summed E-state index contributed by atoms with van der Waals surface area (Å²) in [7, 11) is 0. The normalized spacial score (nSPS) is 10.8. The number of carbonyl (C=O) groups is 1. The van der Waals surface area contributed by atoms with Crippen LogP contribution in [0.3, 0.4) is 0 Å². The number of thioether (sulfide) groups is 1. The van der Waals surface area contributed by atoms with Crippen molar-refractivity contribution in [2.24, 2.45) is 0 Å². The highest BCUT2D eigenvalue weighted by molar-refractivity contribution is 7.99. The molecule has 0 bridgehead atoms. The number of aromatic nitrogens is 4. The van der Waals surface area contributed by atoms with Crippen LogP contribution < -0.4 is 5.32 Å². The highest BCUT2D eigenvalue weighted by Gasteiger charge is 2.15. The second-order valence-corrected chi connectivity index (χ2v) is 6.60. The van der Waals surface area contributed by atoms with Gasteiger partial charge in [0.05, 0.1) is 5.75 Å². The summed E-state index contributed by atoms with van der Waals surface area (Å²) >= 11 is 7.36. The SMILES string of the molecule is CCn1c(SCC(=O)Nc2cc(C)on2)nnc1-c1cccc(Cl)c1. The molecule has 0 spiro atoms. The summed E-state index contributed by atoms with van der Waals surface area (Å²) in [6, 6.07) is 9.10. The standard InChI is InChI=1S/C16H16ClN5O2S/c1-3-22-15(11-5-4-6-12(17)8-11)19-20-16(22)25-9-14(23)18-13-7-10(2)24-21-13/h4-8H,3,9H2,1-2H3,(H,18,21,23). The van der Waals surface area contributed by atoms with Crippen molar-refractivity contribution in [1.29, 1.82) is 0 Å². The highest BCUT2D eigenvalue weighted by atomic mass is 35.5. The van der Waals surface area contributed by atoms with Gasteiger partial charge in [-0.05, 0) is 26.0 Å². The smallest absolute Gasteiger partial charge is 0.236 e. The Kier molecular flexibility index (Phi) is 5.40. The lowest BCUT2D eigenvalue weighted by Crippen LogP contribution is -2.14. The topological polar surface area (TPSA) is 85.8 Å². The third-order valence-corrected chi connectivity index (χ3v) is 4.55. The first kappa shape index (κ1) is 17.5. The summed E-state index contributed by atoms with van der Waals surface area (Å²) in [4.78, 5) is 12.0. The Morgan fingerprint density at radius 3 is 2.88 bits per heavy atom. The molecule has 1 amide bonds. The number of rotatable bonds is 6. The zero-order valence-electron chi connectivity index (χ0n) is 13.7. The van der Waals surface area contributed by atoms with Crippen LogP contribution in [0.25, 0.3) is 11.4 Å². The fourth-order valence-electron chi connectivity index (χ4n) is 2.26. The number of nitrogens with zero attached hydrogens (tertiary/aromatic N) is 4. The molecule has 3 rings (SSSR count). The minimum absolute atomic E-state index is 0.187. The van der Waals surface area contributed by atoms with E-state index in [0.29, 0.717) is 28.3 Å². The van der Waals surface area contributed by atoms with Crippen LogP contribution in [0, 0.1) is 6.92 Å². The molecule has 2 heterocycles. The fraction of sp³-hybridized carbons (Fsp3) is 0.250. The number of hydrogen-bond donors (Lipinski definition) is 1. The van der Waals surface area contributed by atoms with Crippen molar-refractivity contribution < 1.29 is 9.32 Å². The second kappa shape index (κ2) is 7.71. The molecular weight excluding hydrogens is 362 g/mol. The summed E-state index contributed by atoms with van der Waals surface area (Å²) in [6.45, 7) is 4.44. The van der Waals surface area contributed by atoms with Crippen molar-refractivity contribution in [2.45, 2.75) is 25.5 Å². The van der Waals surface area contributed by atoms with Gasteiger partial charge in [-0.2, -0.15) is 0 Å². The molecule has 0 aliphatic carbocycles. The van der Waals surface area contributed by atoms with Gasteiger partial charge in [0.25, 0.3) is 0 Å². The van der Waals surface area contributed by atoms with Crippen LogP contribution in [0.2, 0.25) is 5.02 Å². The van der Waals surface area contributed by atoms with Crippen LogP contribution in [0.15, 0.2) is 40.0 Å². The Hall–Kier alpha value is -2.32. The van der Waals surface area contributed by atoms with E-state index in [2.05, 4.69) is 20.7 Å². The maximum atomic E-state index is 12.0. The Balaban J connectivity index is 1.69. The van der Waals surface area contributed by atoms with E-state index in [4.69, 9.17) is 16.1 Å². The zero-order valence-corrected chi connectivity index (χ0v) is 15.3. The van der Waals surface area contributed by atoms with Gasteiger partial charge in [-0.15, -0.1) is 10.2 Å². The lowest BCUT2D eigenvalue weighted by Gasteiger charge is -2.07. The third-order valence-electron chi connectivity index (χ3n) is 3.34. The van der Waals surface area contributed by atoms with Gasteiger partial charge in [-0.1, -0.05) is 40.7 Å². The molecule has 0 aliphatic rings. The zero-order chi connectivity index (χ0) is 17.8. The Morgan fingerprint density at radius 2 is 2.20 bits per heavy atom.